The van der Waals surface area contributed by atoms with Crippen LogP contribution in [0.2, 0.25) is 0 Å². The highest BCUT2D eigenvalue weighted by molar-refractivity contribution is 7.12. The molecule has 0 aliphatic heterocycles. The van der Waals surface area contributed by atoms with Crippen molar-refractivity contribution in [3.63, 3.8) is 0 Å². The lowest BCUT2D eigenvalue weighted by Crippen LogP contribution is -1.98. The van der Waals surface area contributed by atoms with Crippen LogP contribution >= 0.6 is 22.9 Å². The smallest absolute Gasteiger partial charge is 0.202 e. The van der Waals surface area contributed by atoms with Crippen LogP contribution in [0.25, 0.3) is 5.03 Å². The van der Waals surface area contributed by atoms with Crippen LogP contribution in [0, 0.1) is 0 Å². The van der Waals surface area contributed by atoms with E-state index in [2.05, 4.69) is 0 Å². The lowest BCUT2D eigenvalue weighted by molar-refractivity contribution is 0.104. The highest BCUT2D eigenvalue weighted by Crippen LogP contribution is 2.21. The molecule has 0 saturated carbocycles. The summed E-state index contributed by atoms with van der Waals surface area (Å²) in [7, 11) is 0. The van der Waals surface area contributed by atoms with Gasteiger partial charge < -0.3 is 0 Å². The molecule has 2 aromatic rings. The summed E-state index contributed by atoms with van der Waals surface area (Å²) < 4.78 is 0. The molecule has 0 aliphatic rings. The van der Waals surface area contributed by atoms with Gasteiger partial charge in [0.15, 0.2) is 0 Å². The number of rotatable bonds is 3. The maximum absolute atomic E-state index is 12.0. The Labute approximate surface area is 109 Å². The summed E-state index contributed by atoms with van der Waals surface area (Å²) in [6, 6.07) is 11.1. The molecule has 1 nitrogen and oxygen atoms in total. The SMILES string of the molecule is CC=C(Cl)c1ccc(C(=O)c2cccs2)cc1. The number of ketones is 1. The molecule has 0 aliphatic carbocycles. The van der Waals surface area contributed by atoms with Crippen molar-refractivity contribution in [3.8, 4) is 0 Å². The predicted octanol–water partition coefficient (Wildman–Crippen LogP) is 4.58. The number of halogens is 1. The number of hydrogen-bond acceptors (Lipinski definition) is 2. The Morgan fingerprint density at radius 3 is 2.35 bits per heavy atom. The first-order valence-corrected chi connectivity index (χ1v) is 6.48. The molecule has 0 unspecified atom stereocenters. The molecule has 0 saturated heterocycles. The van der Waals surface area contributed by atoms with Gasteiger partial charge >= 0.3 is 0 Å². The average molecular weight is 263 g/mol. The lowest BCUT2D eigenvalue weighted by atomic mass is 10.1. The molecule has 2 rings (SSSR count). The lowest BCUT2D eigenvalue weighted by Gasteiger charge is -2.01. The van der Waals surface area contributed by atoms with Crippen LogP contribution in [-0.2, 0) is 0 Å². The minimum Gasteiger partial charge on any atom is -0.288 e. The summed E-state index contributed by atoms with van der Waals surface area (Å²) in [6.07, 6.45) is 1.83. The van der Waals surface area contributed by atoms with Gasteiger partial charge in [0.1, 0.15) is 0 Å². The fourth-order valence-electron chi connectivity index (χ4n) is 1.50. The molecule has 0 N–H and O–H groups in total. The number of thiophene rings is 1. The Morgan fingerprint density at radius 1 is 1.18 bits per heavy atom. The van der Waals surface area contributed by atoms with E-state index in [1.54, 1.807) is 0 Å². The first kappa shape index (κ1) is 12.1. The number of carbonyl (C=O) groups excluding carboxylic acids is 1. The first-order valence-electron chi connectivity index (χ1n) is 5.23. The summed E-state index contributed by atoms with van der Waals surface area (Å²) in [4.78, 5) is 12.8. The molecule has 0 fully saturated rings. The zero-order valence-electron chi connectivity index (χ0n) is 9.31. The minimum absolute atomic E-state index is 0.0585. The van der Waals surface area contributed by atoms with Gasteiger partial charge in [0.2, 0.25) is 5.78 Å². The molecular weight excluding hydrogens is 252 g/mol. The Hall–Kier alpha value is -1.38. The zero-order chi connectivity index (χ0) is 12.3. The van der Waals surface area contributed by atoms with E-state index in [1.807, 2.05) is 54.8 Å². The van der Waals surface area contributed by atoms with Crippen LogP contribution in [0.4, 0.5) is 0 Å². The molecule has 0 amide bonds. The van der Waals surface area contributed by atoms with E-state index in [9.17, 15) is 4.79 Å². The topological polar surface area (TPSA) is 17.1 Å². The van der Waals surface area contributed by atoms with Crippen molar-refractivity contribution in [2.75, 3.05) is 0 Å². The van der Waals surface area contributed by atoms with E-state index in [-0.39, 0.29) is 5.78 Å². The van der Waals surface area contributed by atoms with Gasteiger partial charge in [-0.1, -0.05) is 48.0 Å². The number of allylic oxidation sites excluding steroid dienone is 1. The van der Waals surface area contributed by atoms with Crippen molar-refractivity contribution in [1.82, 2.24) is 0 Å². The molecule has 0 radical (unpaired) electrons. The van der Waals surface area contributed by atoms with Crippen LogP contribution in [0.5, 0.6) is 0 Å². The van der Waals surface area contributed by atoms with Crippen LogP contribution in [0.3, 0.4) is 0 Å². The summed E-state index contributed by atoms with van der Waals surface area (Å²) in [5.41, 5.74) is 1.62. The normalized spacial score (nSPS) is 11.5. The average Bonchev–Trinajstić information content (AvgIpc) is 2.91. The molecule has 17 heavy (non-hydrogen) atoms. The van der Waals surface area contributed by atoms with Crippen LogP contribution in [-0.4, -0.2) is 5.78 Å². The highest BCUT2D eigenvalue weighted by atomic mass is 35.5. The molecule has 1 heterocycles. The van der Waals surface area contributed by atoms with Gasteiger partial charge in [0.25, 0.3) is 0 Å². The standard InChI is InChI=1S/C14H11ClOS/c1-2-12(15)10-5-7-11(8-6-10)14(16)13-4-3-9-17-13/h2-9H,1H3. The van der Waals surface area contributed by atoms with Crippen molar-refractivity contribution in [2.24, 2.45) is 0 Å². The number of benzene rings is 1. The van der Waals surface area contributed by atoms with Crippen molar-refractivity contribution in [2.45, 2.75) is 6.92 Å². The van der Waals surface area contributed by atoms with E-state index < -0.39 is 0 Å². The summed E-state index contributed by atoms with van der Waals surface area (Å²) in [6.45, 7) is 1.88. The van der Waals surface area contributed by atoms with Crippen molar-refractivity contribution < 1.29 is 4.79 Å². The van der Waals surface area contributed by atoms with E-state index in [0.29, 0.717) is 10.6 Å². The maximum Gasteiger partial charge on any atom is 0.202 e. The van der Waals surface area contributed by atoms with Crippen LogP contribution in [0.1, 0.15) is 27.7 Å². The second kappa shape index (κ2) is 5.30. The van der Waals surface area contributed by atoms with Crippen molar-refractivity contribution >= 4 is 33.8 Å². The Morgan fingerprint density at radius 2 is 1.82 bits per heavy atom. The predicted molar refractivity (Wildman–Crippen MR) is 73.7 cm³/mol. The largest absolute Gasteiger partial charge is 0.288 e. The molecule has 3 heteroatoms. The summed E-state index contributed by atoms with van der Waals surface area (Å²) in [5.74, 6) is 0.0585. The third kappa shape index (κ3) is 2.65. The van der Waals surface area contributed by atoms with Gasteiger partial charge in [0.05, 0.1) is 4.88 Å². The minimum atomic E-state index is 0.0585. The second-order valence-electron chi connectivity index (χ2n) is 3.52. The van der Waals surface area contributed by atoms with E-state index >= 15 is 0 Å². The summed E-state index contributed by atoms with van der Waals surface area (Å²) in [5, 5.41) is 2.60. The Balaban J connectivity index is 2.27. The first-order chi connectivity index (χ1) is 8.22. The van der Waals surface area contributed by atoms with Gasteiger partial charge in [-0.15, -0.1) is 11.3 Å². The van der Waals surface area contributed by atoms with Gasteiger partial charge in [-0.25, -0.2) is 0 Å². The second-order valence-corrected chi connectivity index (χ2v) is 4.88. The molecule has 86 valence electrons. The summed E-state index contributed by atoms with van der Waals surface area (Å²) >= 11 is 7.45. The van der Waals surface area contributed by atoms with Crippen molar-refractivity contribution in [3.05, 3.63) is 63.9 Å². The van der Waals surface area contributed by atoms with Crippen LogP contribution < -0.4 is 0 Å². The monoisotopic (exact) mass is 262 g/mol. The van der Waals surface area contributed by atoms with E-state index in [0.717, 1.165) is 10.4 Å². The molecule has 0 spiro atoms. The number of carbonyl (C=O) groups is 1. The van der Waals surface area contributed by atoms with E-state index in [1.165, 1.54) is 11.3 Å². The van der Waals surface area contributed by atoms with Crippen molar-refractivity contribution in [1.29, 1.82) is 0 Å². The third-order valence-corrected chi connectivity index (χ3v) is 3.73. The molecule has 1 aromatic heterocycles. The van der Waals surface area contributed by atoms with Gasteiger partial charge in [-0.2, -0.15) is 0 Å². The third-order valence-electron chi connectivity index (χ3n) is 2.42. The fraction of sp³-hybridized carbons (Fsp3) is 0.0714. The maximum atomic E-state index is 12.0. The number of hydrogen-bond donors (Lipinski definition) is 0. The highest BCUT2D eigenvalue weighted by Gasteiger charge is 2.09. The molecule has 0 atom stereocenters. The van der Waals surface area contributed by atoms with E-state index in [4.69, 9.17) is 11.6 Å². The Bertz CT molecular complexity index is 538. The van der Waals surface area contributed by atoms with Gasteiger partial charge in [-0.05, 0) is 23.9 Å². The van der Waals surface area contributed by atoms with Gasteiger partial charge in [0, 0.05) is 10.6 Å². The molecule has 0 bridgehead atoms. The van der Waals surface area contributed by atoms with Crippen LogP contribution in [0.15, 0.2) is 47.9 Å². The molecular formula is C14H11ClOS. The Kier molecular flexibility index (Phi) is 3.77. The zero-order valence-corrected chi connectivity index (χ0v) is 10.9. The molecule has 1 aromatic carbocycles. The fourth-order valence-corrected chi connectivity index (χ4v) is 2.31. The quantitative estimate of drug-likeness (QED) is 0.740. The van der Waals surface area contributed by atoms with Gasteiger partial charge in [-0.3, -0.25) is 4.79 Å².